The van der Waals surface area contributed by atoms with Crippen molar-refractivity contribution in [1.82, 2.24) is 0 Å². The molecule has 0 saturated heterocycles. The van der Waals surface area contributed by atoms with Crippen molar-refractivity contribution < 1.29 is 19.2 Å². The third-order valence-corrected chi connectivity index (χ3v) is 3.70. The summed E-state index contributed by atoms with van der Waals surface area (Å²) in [5, 5.41) is 12.2. The molecule has 114 valence electrons. The zero-order chi connectivity index (χ0) is 15.9. The first-order valence-corrected chi connectivity index (χ1v) is 7.05. The van der Waals surface area contributed by atoms with Gasteiger partial charge in [0.15, 0.2) is 5.58 Å². The minimum absolute atomic E-state index is 0.143. The summed E-state index contributed by atoms with van der Waals surface area (Å²) in [6.45, 7) is 0.563. The topological polar surface area (TPSA) is 64.1 Å². The molecule has 0 spiro atoms. The molecule has 22 heavy (non-hydrogen) atoms. The van der Waals surface area contributed by atoms with Crippen LogP contribution in [0.5, 0.6) is 11.5 Å². The van der Waals surface area contributed by atoms with E-state index >= 15 is 0 Å². The number of ether oxygens (including phenoxy) is 1. The Labute approximate surface area is 127 Å². The molecule has 0 aliphatic heterocycles. The summed E-state index contributed by atoms with van der Waals surface area (Å²) in [6, 6.07) is 8.74. The maximum absolute atomic E-state index is 12.3. The van der Waals surface area contributed by atoms with Gasteiger partial charge in [0, 0.05) is 10.8 Å². The average Bonchev–Trinajstić information content (AvgIpc) is 2.50. The lowest BCUT2D eigenvalue weighted by atomic mass is 10.0. The Balaban J connectivity index is 2.41. The summed E-state index contributed by atoms with van der Waals surface area (Å²) in [5.74, 6) is 0.751. The van der Waals surface area contributed by atoms with Gasteiger partial charge in [0.2, 0.25) is 0 Å². The Kier molecular flexibility index (Phi) is 3.50. The number of hydrogen-bond donors (Lipinski definition) is 2. The third-order valence-electron chi connectivity index (χ3n) is 3.70. The zero-order valence-corrected chi connectivity index (χ0v) is 12.8. The van der Waals surface area contributed by atoms with Crippen LogP contribution in [-0.4, -0.2) is 26.3 Å². The van der Waals surface area contributed by atoms with Crippen LogP contribution in [0.3, 0.4) is 0 Å². The first-order valence-electron chi connectivity index (χ1n) is 7.05. The Hall–Kier alpha value is -2.53. The monoisotopic (exact) mass is 300 g/mol. The lowest BCUT2D eigenvalue weighted by molar-refractivity contribution is -0.872. The number of fused-ring (bicyclic) bond motifs is 3. The molecule has 0 fully saturated rings. The molecule has 3 rings (SSSR count). The Bertz CT molecular complexity index is 912. The lowest BCUT2D eigenvalue weighted by Crippen LogP contribution is -3.04. The lowest BCUT2D eigenvalue weighted by Gasteiger charge is -2.12. The van der Waals surface area contributed by atoms with E-state index in [0.717, 1.165) is 15.7 Å². The van der Waals surface area contributed by atoms with Gasteiger partial charge in [-0.25, -0.2) is 4.79 Å². The highest BCUT2D eigenvalue weighted by molar-refractivity contribution is 6.06. The van der Waals surface area contributed by atoms with Crippen molar-refractivity contribution in [2.45, 2.75) is 6.54 Å². The smallest absolute Gasteiger partial charge is 0.344 e. The van der Waals surface area contributed by atoms with E-state index in [-0.39, 0.29) is 5.75 Å². The van der Waals surface area contributed by atoms with Gasteiger partial charge < -0.3 is 19.2 Å². The molecule has 1 heterocycles. The summed E-state index contributed by atoms with van der Waals surface area (Å²) in [4.78, 5) is 13.4. The van der Waals surface area contributed by atoms with Crippen molar-refractivity contribution in [3.05, 3.63) is 46.3 Å². The van der Waals surface area contributed by atoms with Crippen molar-refractivity contribution in [2.24, 2.45) is 0 Å². The summed E-state index contributed by atoms with van der Waals surface area (Å²) < 4.78 is 10.7. The number of methoxy groups -OCH3 is 1. The molecule has 0 radical (unpaired) electrons. The minimum Gasteiger partial charge on any atom is -0.507 e. The predicted octanol–water partition coefficient (Wildman–Crippen LogP) is 1.30. The van der Waals surface area contributed by atoms with E-state index in [9.17, 15) is 9.90 Å². The average molecular weight is 300 g/mol. The van der Waals surface area contributed by atoms with Crippen LogP contribution in [0.15, 0.2) is 39.5 Å². The van der Waals surface area contributed by atoms with Gasteiger partial charge in [-0.15, -0.1) is 0 Å². The molecule has 2 N–H and O–H groups in total. The van der Waals surface area contributed by atoms with Crippen LogP contribution in [0.25, 0.3) is 21.7 Å². The fraction of sp³-hybridized carbons (Fsp3) is 0.235. The first-order chi connectivity index (χ1) is 10.5. The quantitative estimate of drug-likeness (QED) is 0.565. The van der Waals surface area contributed by atoms with E-state index < -0.39 is 5.63 Å². The van der Waals surface area contributed by atoms with Crippen LogP contribution in [0.2, 0.25) is 0 Å². The van der Waals surface area contributed by atoms with Gasteiger partial charge in [-0.3, -0.25) is 0 Å². The molecule has 2 aromatic carbocycles. The van der Waals surface area contributed by atoms with Crippen LogP contribution >= 0.6 is 0 Å². The molecular formula is C17H18NO4+. The fourth-order valence-corrected chi connectivity index (χ4v) is 2.67. The van der Waals surface area contributed by atoms with Crippen LogP contribution in [0.4, 0.5) is 0 Å². The second-order valence-corrected chi connectivity index (χ2v) is 5.62. The number of quaternary nitrogens is 1. The normalized spacial score (nSPS) is 11.5. The van der Waals surface area contributed by atoms with Crippen molar-refractivity contribution in [1.29, 1.82) is 0 Å². The summed E-state index contributed by atoms with van der Waals surface area (Å²) >= 11 is 0. The van der Waals surface area contributed by atoms with Crippen molar-refractivity contribution in [3.8, 4) is 11.5 Å². The van der Waals surface area contributed by atoms with Crippen molar-refractivity contribution in [2.75, 3.05) is 21.2 Å². The molecule has 5 heteroatoms. The molecule has 0 unspecified atom stereocenters. The standard InChI is InChI=1S/C17H17NO4/c1-18(2)9-14-15(19)7-6-12-11-5-4-10(21-3)8-13(11)17(20)22-16(12)14/h4-8,19H,9H2,1-3H3/p+1. The third kappa shape index (κ3) is 2.29. The molecular weight excluding hydrogens is 282 g/mol. The van der Waals surface area contributed by atoms with Gasteiger partial charge in [0.05, 0.1) is 32.2 Å². The summed E-state index contributed by atoms with van der Waals surface area (Å²) in [5.41, 5.74) is 0.665. The zero-order valence-electron chi connectivity index (χ0n) is 12.8. The van der Waals surface area contributed by atoms with Crippen LogP contribution < -0.4 is 15.3 Å². The molecule has 0 bridgehead atoms. The second kappa shape index (κ2) is 5.35. The molecule has 1 aromatic heterocycles. The van der Waals surface area contributed by atoms with Gasteiger partial charge in [-0.2, -0.15) is 0 Å². The van der Waals surface area contributed by atoms with E-state index in [1.165, 1.54) is 0 Å². The number of phenols is 1. The summed E-state index contributed by atoms with van der Waals surface area (Å²) in [6.07, 6.45) is 0. The number of aromatic hydroxyl groups is 1. The molecule has 3 aromatic rings. The van der Waals surface area contributed by atoms with Crippen molar-refractivity contribution in [3.63, 3.8) is 0 Å². The van der Waals surface area contributed by atoms with Crippen LogP contribution in [0, 0.1) is 0 Å². The molecule has 0 saturated carbocycles. The van der Waals surface area contributed by atoms with E-state index in [0.29, 0.717) is 28.8 Å². The SMILES string of the molecule is COc1ccc2c(c1)c(=O)oc1c(C[NH+](C)C)c(O)ccc12. The van der Waals surface area contributed by atoms with E-state index in [4.69, 9.17) is 9.15 Å². The Morgan fingerprint density at radius 2 is 1.86 bits per heavy atom. The second-order valence-electron chi connectivity index (χ2n) is 5.62. The first kappa shape index (κ1) is 14.4. The van der Waals surface area contributed by atoms with Crippen molar-refractivity contribution >= 4 is 21.7 Å². The molecule has 0 amide bonds. The molecule has 0 atom stereocenters. The maximum Gasteiger partial charge on any atom is 0.344 e. The van der Waals surface area contributed by atoms with Crippen LogP contribution in [-0.2, 0) is 6.54 Å². The number of rotatable bonds is 3. The Morgan fingerprint density at radius 3 is 2.55 bits per heavy atom. The highest BCUT2D eigenvalue weighted by Crippen LogP contribution is 2.31. The number of hydrogen-bond acceptors (Lipinski definition) is 4. The van der Waals surface area contributed by atoms with Gasteiger partial charge in [-0.1, -0.05) is 0 Å². The number of nitrogens with one attached hydrogen (secondary N) is 1. The van der Waals surface area contributed by atoms with E-state index in [1.54, 1.807) is 25.3 Å². The van der Waals surface area contributed by atoms with E-state index in [1.807, 2.05) is 26.2 Å². The fourth-order valence-electron chi connectivity index (χ4n) is 2.67. The molecule has 0 aliphatic carbocycles. The van der Waals surface area contributed by atoms with Crippen LogP contribution in [0.1, 0.15) is 5.56 Å². The predicted molar refractivity (Wildman–Crippen MR) is 84.7 cm³/mol. The van der Waals surface area contributed by atoms with E-state index in [2.05, 4.69) is 0 Å². The molecule has 5 nitrogen and oxygen atoms in total. The highest BCUT2D eigenvalue weighted by atomic mass is 16.5. The molecule has 0 aliphatic rings. The van der Waals surface area contributed by atoms with Gasteiger partial charge in [0.25, 0.3) is 0 Å². The minimum atomic E-state index is -0.429. The maximum atomic E-state index is 12.3. The number of benzene rings is 2. The van der Waals surface area contributed by atoms with Gasteiger partial charge in [0.1, 0.15) is 18.0 Å². The van der Waals surface area contributed by atoms with Gasteiger partial charge >= 0.3 is 5.63 Å². The summed E-state index contributed by atoms with van der Waals surface area (Å²) in [7, 11) is 5.50. The van der Waals surface area contributed by atoms with Gasteiger partial charge in [-0.05, 0) is 30.3 Å². The largest absolute Gasteiger partial charge is 0.507 e. The number of phenolic OH excluding ortho intramolecular Hbond substituents is 1. The highest BCUT2D eigenvalue weighted by Gasteiger charge is 2.16. The Morgan fingerprint density at radius 1 is 1.14 bits per heavy atom.